The fourth-order valence-corrected chi connectivity index (χ4v) is 3.11. The number of hydrogen-bond acceptors (Lipinski definition) is 3. The van der Waals surface area contributed by atoms with Crippen molar-refractivity contribution in [3.63, 3.8) is 0 Å². The van der Waals surface area contributed by atoms with Gasteiger partial charge in [-0.25, -0.2) is 0 Å². The van der Waals surface area contributed by atoms with Crippen molar-refractivity contribution >= 4 is 0 Å². The van der Waals surface area contributed by atoms with Gasteiger partial charge in [-0.1, -0.05) is 20.8 Å². The van der Waals surface area contributed by atoms with Gasteiger partial charge in [-0.15, -0.1) is 0 Å². The second kappa shape index (κ2) is 6.58. The maximum Gasteiger partial charge on any atom is 0.118 e. The third-order valence-electron chi connectivity index (χ3n) is 4.37. The van der Waals surface area contributed by atoms with Gasteiger partial charge in [0.1, 0.15) is 5.76 Å². The van der Waals surface area contributed by atoms with Crippen LogP contribution < -0.4 is 5.32 Å². The van der Waals surface area contributed by atoms with Crippen LogP contribution in [-0.2, 0) is 13.1 Å². The fourth-order valence-electron chi connectivity index (χ4n) is 3.11. The molecule has 0 bridgehead atoms. The molecule has 0 aromatic carbocycles. The predicted octanol–water partition coefficient (Wildman–Crippen LogP) is 3.26. The first-order valence-corrected chi connectivity index (χ1v) is 7.61. The number of nitrogens with one attached hydrogen (secondary N) is 1. The Hall–Kier alpha value is -0.800. The maximum absolute atomic E-state index is 5.70. The standard InChI is InChI=1S/C16H28N2O/c1-5-17-8-15-7-16(19-11-15)10-18-9-12(2)6-13(3)14(18)4/h7,11-14,17H,5-6,8-10H2,1-4H3. The monoisotopic (exact) mass is 264 g/mol. The molecule has 1 N–H and O–H groups in total. The van der Waals surface area contributed by atoms with Gasteiger partial charge < -0.3 is 9.73 Å². The number of hydrogen-bond donors (Lipinski definition) is 1. The summed E-state index contributed by atoms with van der Waals surface area (Å²) >= 11 is 0. The van der Waals surface area contributed by atoms with Crippen LogP contribution in [0.5, 0.6) is 0 Å². The normalized spacial score (nSPS) is 28.7. The van der Waals surface area contributed by atoms with Gasteiger partial charge >= 0.3 is 0 Å². The molecule has 1 aromatic rings. The molecule has 1 saturated heterocycles. The smallest absolute Gasteiger partial charge is 0.118 e. The number of rotatable bonds is 5. The van der Waals surface area contributed by atoms with Crippen LogP contribution in [0.15, 0.2) is 16.7 Å². The van der Waals surface area contributed by atoms with E-state index in [-0.39, 0.29) is 0 Å². The zero-order valence-corrected chi connectivity index (χ0v) is 12.8. The first-order valence-electron chi connectivity index (χ1n) is 7.61. The van der Waals surface area contributed by atoms with Crippen LogP contribution in [0.25, 0.3) is 0 Å². The molecular formula is C16H28N2O. The first kappa shape index (κ1) is 14.6. The molecule has 2 heterocycles. The lowest BCUT2D eigenvalue weighted by Gasteiger charge is -2.40. The minimum absolute atomic E-state index is 0.651. The van der Waals surface area contributed by atoms with E-state index in [1.54, 1.807) is 0 Å². The Morgan fingerprint density at radius 2 is 2.16 bits per heavy atom. The van der Waals surface area contributed by atoms with E-state index in [1.807, 2.05) is 6.26 Å². The molecule has 0 saturated carbocycles. The Morgan fingerprint density at radius 1 is 1.37 bits per heavy atom. The summed E-state index contributed by atoms with van der Waals surface area (Å²) in [5, 5.41) is 3.33. The summed E-state index contributed by atoms with van der Waals surface area (Å²) in [6.07, 6.45) is 3.24. The second-order valence-corrected chi connectivity index (χ2v) is 6.19. The van der Waals surface area contributed by atoms with E-state index < -0.39 is 0 Å². The molecular weight excluding hydrogens is 236 g/mol. The Kier molecular flexibility index (Phi) is 5.06. The zero-order chi connectivity index (χ0) is 13.8. The molecule has 3 heteroatoms. The van der Waals surface area contributed by atoms with Crippen LogP contribution in [0.1, 0.15) is 45.4 Å². The summed E-state index contributed by atoms with van der Waals surface area (Å²) in [5.74, 6) is 2.67. The minimum atomic E-state index is 0.651. The predicted molar refractivity (Wildman–Crippen MR) is 78.9 cm³/mol. The van der Waals surface area contributed by atoms with Crippen molar-refractivity contribution < 1.29 is 4.42 Å². The van der Waals surface area contributed by atoms with Gasteiger partial charge in [0.15, 0.2) is 0 Å². The molecule has 1 fully saturated rings. The van der Waals surface area contributed by atoms with Gasteiger partial charge in [0, 0.05) is 24.7 Å². The highest BCUT2D eigenvalue weighted by Gasteiger charge is 2.29. The van der Waals surface area contributed by atoms with Gasteiger partial charge in [0.05, 0.1) is 12.8 Å². The minimum Gasteiger partial charge on any atom is -0.468 e. The van der Waals surface area contributed by atoms with Crippen LogP contribution in [0.4, 0.5) is 0 Å². The zero-order valence-electron chi connectivity index (χ0n) is 12.8. The quantitative estimate of drug-likeness (QED) is 0.885. The van der Waals surface area contributed by atoms with Crippen LogP contribution >= 0.6 is 0 Å². The van der Waals surface area contributed by atoms with Gasteiger partial charge in [-0.05, 0) is 37.8 Å². The van der Waals surface area contributed by atoms with Crippen molar-refractivity contribution in [3.8, 4) is 0 Å². The highest BCUT2D eigenvalue weighted by molar-refractivity contribution is 5.12. The molecule has 3 nitrogen and oxygen atoms in total. The van der Waals surface area contributed by atoms with E-state index in [0.717, 1.165) is 37.2 Å². The number of furan rings is 1. The van der Waals surface area contributed by atoms with E-state index in [0.29, 0.717) is 6.04 Å². The lowest BCUT2D eigenvalue weighted by atomic mass is 9.86. The van der Waals surface area contributed by atoms with E-state index >= 15 is 0 Å². The van der Waals surface area contributed by atoms with Crippen LogP contribution in [0.2, 0.25) is 0 Å². The fraction of sp³-hybridized carbons (Fsp3) is 0.750. The topological polar surface area (TPSA) is 28.4 Å². The molecule has 1 aliphatic heterocycles. The van der Waals surface area contributed by atoms with E-state index in [1.165, 1.54) is 18.5 Å². The van der Waals surface area contributed by atoms with E-state index in [4.69, 9.17) is 4.42 Å². The number of likely N-dealkylation sites (tertiary alicyclic amines) is 1. The highest BCUT2D eigenvalue weighted by atomic mass is 16.3. The lowest BCUT2D eigenvalue weighted by molar-refractivity contribution is 0.0668. The number of piperidine rings is 1. The van der Waals surface area contributed by atoms with Gasteiger partial charge in [0.25, 0.3) is 0 Å². The summed E-state index contributed by atoms with van der Waals surface area (Å²) in [7, 11) is 0. The number of nitrogens with zero attached hydrogens (tertiary/aromatic N) is 1. The third kappa shape index (κ3) is 3.83. The summed E-state index contributed by atoms with van der Waals surface area (Å²) < 4.78 is 5.70. The van der Waals surface area contributed by atoms with E-state index in [9.17, 15) is 0 Å². The summed E-state index contributed by atoms with van der Waals surface area (Å²) in [4.78, 5) is 2.56. The van der Waals surface area contributed by atoms with Crippen LogP contribution in [0, 0.1) is 11.8 Å². The molecule has 1 aliphatic rings. The Bertz CT molecular complexity index is 388. The average Bonchev–Trinajstić information content (AvgIpc) is 2.80. The SMILES string of the molecule is CCNCc1coc(CN2CC(C)CC(C)C2C)c1. The first-order chi connectivity index (χ1) is 9.10. The second-order valence-electron chi connectivity index (χ2n) is 6.19. The lowest BCUT2D eigenvalue weighted by Crippen LogP contribution is -2.45. The molecule has 1 aromatic heterocycles. The van der Waals surface area contributed by atoms with Crippen molar-refractivity contribution in [2.45, 2.75) is 53.2 Å². The molecule has 3 atom stereocenters. The summed E-state index contributed by atoms with van der Waals surface area (Å²) in [5.41, 5.74) is 1.25. The molecule has 0 amide bonds. The van der Waals surface area contributed by atoms with Crippen LogP contribution in [0.3, 0.4) is 0 Å². The Labute approximate surface area is 117 Å². The summed E-state index contributed by atoms with van der Waals surface area (Å²) in [6, 6.07) is 2.85. The third-order valence-corrected chi connectivity index (χ3v) is 4.37. The van der Waals surface area contributed by atoms with Crippen LogP contribution in [-0.4, -0.2) is 24.0 Å². The maximum atomic E-state index is 5.70. The van der Waals surface area contributed by atoms with Crippen molar-refractivity contribution in [2.75, 3.05) is 13.1 Å². The largest absolute Gasteiger partial charge is 0.468 e. The Balaban J connectivity index is 1.94. The van der Waals surface area contributed by atoms with Crippen molar-refractivity contribution in [2.24, 2.45) is 11.8 Å². The highest BCUT2D eigenvalue weighted by Crippen LogP contribution is 2.28. The molecule has 108 valence electrons. The molecule has 3 unspecified atom stereocenters. The van der Waals surface area contributed by atoms with Gasteiger partial charge in [0.2, 0.25) is 0 Å². The van der Waals surface area contributed by atoms with Gasteiger partial charge in [-0.2, -0.15) is 0 Å². The molecule has 0 radical (unpaired) electrons. The molecule has 0 aliphatic carbocycles. The molecule has 0 spiro atoms. The molecule has 19 heavy (non-hydrogen) atoms. The molecule has 2 rings (SSSR count). The van der Waals surface area contributed by atoms with Crippen molar-refractivity contribution in [3.05, 3.63) is 23.7 Å². The summed E-state index contributed by atoms with van der Waals surface area (Å²) in [6.45, 7) is 13.2. The van der Waals surface area contributed by atoms with Gasteiger partial charge in [-0.3, -0.25) is 4.90 Å². The van der Waals surface area contributed by atoms with Crippen molar-refractivity contribution in [1.29, 1.82) is 0 Å². The Morgan fingerprint density at radius 3 is 2.89 bits per heavy atom. The average molecular weight is 264 g/mol. The van der Waals surface area contributed by atoms with Crippen molar-refractivity contribution in [1.82, 2.24) is 10.2 Å². The van der Waals surface area contributed by atoms with E-state index in [2.05, 4.69) is 44.0 Å².